The van der Waals surface area contributed by atoms with Crippen LogP contribution in [0.25, 0.3) is 10.8 Å². The highest BCUT2D eigenvalue weighted by molar-refractivity contribution is 5.97. The number of methoxy groups -OCH3 is 1. The summed E-state index contributed by atoms with van der Waals surface area (Å²) in [5.41, 5.74) is 5.97. The van der Waals surface area contributed by atoms with Gasteiger partial charge in [-0.15, -0.1) is 0 Å². The number of nitrogens with two attached hydrogens (primary N) is 1. The van der Waals surface area contributed by atoms with Crippen LogP contribution < -0.4 is 10.5 Å². The zero-order valence-corrected chi connectivity index (χ0v) is 7.82. The lowest BCUT2D eigenvalue weighted by Crippen LogP contribution is -1.91. The molecule has 0 fully saturated rings. The van der Waals surface area contributed by atoms with Crippen LogP contribution in [0.2, 0.25) is 0 Å². The second-order valence-corrected chi connectivity index (χ2v) is 3.06. The molecule has 0 bridgehead atoms. The van der Waals surface area contributed by atoms with Gasteiger partial charge < -0.3 is 15.6 Å². The van der Waals surface area contributed by atoms with E-state index in [1.807, 2.05) is 24.3 Å². The van der Waals surface area contributed by atoms with E-state index >= 15 is 0 Å². The van der Waals surface area contributed by atoms with Gasteiger partial charge in [-0.2, -0.15) is 0 Å². The number of anilines is 1. The first-order valence-corrected chi connectivity index (χ1v) is 4.28. The first-order valence-electron chi connectivity index (χ1n) is 4.28. The Kier molecular flexibility index (Phi) is 1.93. The van der Waals surface area contributed by atoms with Crippen LogP contribution in [0.3, 0.4) is 0 Å². The lowest BCUT2D eigenvalue weighted by Gasteiger charge is -2.08. The van der Waals surface area contributed by atoms with Crippen molar-refractivity contribution in [1.82, 2.24) is 0 Å². The summed E-state index contributed by atoms with van der Waals surface area (Å²) < 4.78 is 5.17. The molecule has 2 rings (SSSR count). The minimum Gasteiger partial charge on any atom is -0.505 e. The van der Waals surface area contributed by atoms with Crippen LogP contribution in [0.5, 0.6) is 11.5 Å². The molecule has 14 heavy (non-hydrogen) atoms. The Hall–Kier alpha value is -1.90. The fourth-order valence-corrected chi connectivity index (χ4v) is 1.52. The molecule has 0 amide bonds. The number of nitrogen functional groups attached to an aromatic ring is 1. The van der Waals surface area contributed by atoms with Crippen LogP contribution in [0.1, 0.15) is 0 Å². The average Bonchev–Trinajstić information content (AvgIpc) is 2.23. The van der Waals surface area contributed by atoms with Gasteiger partial charge in [0.1, 0.15) is 11.5 Å². The normalized spacial score (nSPS) is 10.4. The van der Waals surface area contributed by atoms with Gasteiger partial charge in [0.05, 0.1) is 12.8 Å². The molecule has 0 heterocycles. The Morgan fingerprint density at radius 3 is 2.50 bits per heavy atom. The lowest BCUT2D eigenvalue weighted by molar-refractivity contribution is 0.418. The van der Waals surface area contributed by atoms with Gasteiger partial charge in [-0.3, -0.25) is 0 Å². The van der Waals surface area contributed by atoms with Crippen molar-refractivity contribution in [2.45, 2.75) is 0 Å². The summed E-state index contributed by atoms with van der Waals surface area (Å²) in [6.45, 7) is 0. The molecule has 0 aliphatic carbocycles. The van der Waals surface area contributed by atoms with Crippen molar-refractivity contribution in [3.63, 3.8) is 0 Å². The molecule has 0 radical (unpaired) electrons. The number of hydrogen-bond donors (Lipinski definition) is 2. The molecule has 72 valence electrons. The van der Waals surface area contributed by atoms with E-state index in [2.05, 4.69) is 0 Å². The Morgan fingerprint density at radius 2 is 1.86 bits per heavy atom. The number of ether oxygens (including phenoxy) is 1. The molecule has 2 aromatic rings. The first-order chi connectivity index (χ1) is 6.74. The molecule has 0 atom stereocenters. The van der Waals surface area contributed by atoms with Crippen LogP contribution in [-0.4, -0.2) is 12.2 Å². The van der Waals surface area contributed by atoms with Crippen LogP contribution in [-0.2, 0) is 0 Å². The minimum atomic E-state index is 0.112. The van der Waals surface area contributed by atoms with Gasteiger partial charge in [-0.25, -0.2) is 0 Å². The predicted octanol–water partition coefficient (Wildman–Crippen LogP) is 2.14. The number of aromatic hydroxyl groups is 1. The molecular weight excluding hydrogens is 178 g/mol. The van der Waals surface area contributed by atoms with Crippen LogP contribution in [0.4, 0.5) is 5.69 Å². The minimum absolute atomic E-state index is 0.112. The third kappa shape index (κ3) is 1.14. The van der Waals surface area contributed by atoms with Gasteiger partial charge in [-0.05, 0) is 0 Å². The molecule has 2 aromatic carbocycles. The van der Waals surface area contributed by atoms with Gasteiger partial charge in [-0.1, -0.05) is 24.3 Å². The number of benzene rings is 2. The molecule has 0 aliphatic rings. The van der Waals surface area contributed by atoms with E-state index in [1.165, 1.54) is 0 Å². The molecule has 0 saturated carbocycles. The van der Waals surface area contributed by atoms with E-state index in [1.54, 1.807) is 13.2 Å². The second kappa shape index (κ2) is 3.10. The quantitative estimate of drug-likeness (QED) is 0.533. The monoisotopic (exact) mass is 189 g/mol. The summed E-state index contributed by atoms with van der Waals surface area (Å²) >= 11 is 0. The smallest absolute Gasteiger partial charge is 0.146 e. The highest BCUT2D eigenvalue weighted by Crippen LogP contribution is 2.36. The summed E-state index contributed by atoms with van der Waals surface area (Å²) in [5, 5.41) is 11.3. The summed E-state index contributed by atoms with van der Waals surface area (Å²) in [6, 6.07) is 9.05. The van der Waals surface area contributed by atoms with Crippen molar-refractivity contribution in [2.75, 3.05) is 12.8 Å². The standard InChI is InChI=1S/C11H11NO2/c1-14-10-6-9(12)11(13)8-5-3-2-4-7(8)10/h2-6,13H,12H2,1H3. The van der Waals surface area contributed by atoms with Gasteiger partial charge in [0.2, 0.25) is 0 Å². The number of fused-ring (bicyclic) bond motifs is 1. The fourth-order valence-electron chi connectivity index (χ4n) is 1.52. The SMILES string of the molecule is COc1cc(N)c(O)c2ccccc12. The van der Waals surface area contributed by atoms with E-state index in [0.29, 0.717) is 16.8 Å². The van der Waals surface area contributed by atoms with E-state index in [0.717, 1.165) is 5.39 Å². The van der Waals surface area contributed by atoms with Crippen LogP contribution >= 0.6 is 0 Å². The molecule has 0 saturated heterocycles. The van der Waals surface area contributed by atoms with Crippen molar-refractivity contribution >= 4 is 16.5 Å². The van der Waals surface area contributed by atoms with E-state index in [4.69, 9.17) is 10.5 Å². The Bertz CT molecular complexity index is 480. The maximum absolute atomic E-state index is 9.70. The van der Waals surface area contributed by atoms with Gasteiger partial charge in [0, 0.05) is 16.8 Å². The predicted molar refractivity (Wildman–Crippen MR) is 56.6 cm³/mol. The highest BCUT2D eigenvalue weighted by atomic mass is 16.5. The summed E-state index contributed by atoms with van der Waals surface area (Å²) in [4.78, 5) is 0. The van der Waals surface area contributed by atoms with Crippen molar-refractivity contribution in [2.24, 2.45) is 0 Å². The summed E-state index contributed by atoms with van der Waals surface area (Å²) in [6.07, 6.45) is 0. The van der Waals surface area contributed by atoms with E-state index in [9.17, 15) is 5.11 Å². The molecule has 3 heteroatoms. The van der Waals surface area contributed by atoms with Crippen molar-refractivity contribution < 1.29 is 9.84 Å². The number of rotatable bonds is 1. The largest absolute Gasteiger partial charge is 0.505 e. The molecule has 3 nitrogen and oxygen atoms in total. The maximum Gasteiger partial charge on any atom is 0.146 e. The topological polar surface area (TPSA) is 55.5 Å². The van der Waals surface area contributed by atoms with Gasteiger partial charge >= 0.3 is 0 Å². The number of hydrogen-bond acceptors (Lipinski definition) is 3. The zero-order chi connectivity index (χ0) is 10.1. The fraction of sp³-hybridized carbons (Fsp3) is 0.0909. The second-order valence-electron chi connectivity index (χ2n) is 3.06. The van der Waals surface area contributed by atoms with Crippen molar-refractivity contribution in [1.29, 1.82) is 0 Å². The lowest BCUT2D eigenvalue weighted by atomic mass is 10.1. The zero-order valence-electron chi connectivity index (χ0n) is 7.82. The highest BCUT2D eigenvalue weighted by Gasteiger charge is 2.08. The summed E-state index contributed by atoms with van der Waals surface area (Å²) in [5.74, 6) is 0.789. The number of phenols is 1. The molecular formula is C11H11NO2. The van der Waals surface area contributed by atoms with Crippen molar-refractivity contribution in [3.8, 4) is 11.5 Å². The van der Waals surface area contributed by atoms with E-state index in [-0.39, 0.29) is 5.75 Å². The molecule has 0 unspecified atom stereocenters. The molecule has 0 aromatic heterocycles. The Balaban J connectivity index is 2.89. The first kappa shape index (κ1) is 8.69. The third-order valence-corrected chi connectivity index (χ3v) is 2.23. The van der Waals surface area contributed by atoms with Crippen molar-refractivity contribution in [3.05, 3.63) is 30.3 Å². The Labute approximate surface area is 81.7 Å². The third-order valence-electron chi connectivity index (χ3n) is 2.23. The van der Waals surface area contributed by atoms with E-state index < -0.39 is 0 Å². The average molecular weight is 189 g/mol. The number of phenolic OH excluding ortho intramolecular Hbond substituents is 1. The van der Waals surface area contributed by atoms with Gasteiger partial charge in [0.25, 0.3) is 0 Å². The van der Waals surface area contributed by atoms with Crippen LogP contribution in [0, 0.1) is 0 Å². The molecule has 0 spiro atoms. The molecule has 0 aliphatic heterocycles. The molecule has 3 N–H and O–H groups in total. The Morgan fingerprint density at radius 1 is 1.21 bits per heavy atom. The van der Waals surface area contributed by atoms with Crippen LogP contribution in [0.15, 0.2) is 30.3 Å². The maximum atomic E-state index is 9.70. The van der Waals surface area contributed by atoms with Gasteiger partial charge in [0.15, 0.2) is 0 Å². The summed E-state index contributed by atoms with van der Waals surface area (Å²) in [7, 11) is 1.58.